The second kappa shape index (κ2) is 20.1. The molecule has 66 heavy (non-hydrogen) atoms. The van der Waals surface area contributed by atoms with E-state index in [9.17, 15) is 71.2 Å². The van der Waals surface area contributed by atoms with Gasteiger partial charge in [-0.25, -0.2) is 0 Å². The van der Waals surface area contributed by atoms with Crippen LogP contribution in [0.25, 0.3) is 0 Å². The van der Waals surface area contributed by atoms with E-state index in [1.54, 1.807) is 6.92 Å². The predicted octanol–water partition coefficient (Wildman–Crippen LogP) is -4.50. The Kier molecular flexibility index (Phi) is 15.6. The van der Waals surface area contributed by atoms with Gasteiger partial charge in [0, 0.05) is 5.92 Å². The van der Waals surface area contributed by atoms with Crippen molar-refractivity contribution in [3.63, 3.8) is 0 Å². The first-order valence-electron chi connectivity index (χ1n) is 23.6. The van der Waals surface area contributed by atoms with Crippen molar-refractivity contribution in [2.45, 2.75) is 201 Å². The number of aliphatic hydroxyl groups is 13. The molecule has 28 atom stereocenters. The lowest BCUT2D eigenvalue weighted by Crippen LogP contribution is -2.68. The Labute approximate surface area is 382 Å². The Morgan fingerprint density at radius 2 is 1.11 bits per heavy atom. The molecule has 0 aromatic rings. The molecule has 4 aliphatic carbocycles. The summed E-state index contributed by atoms with van der Waals surface area (Å²) < 4.78 is 47.4. The number of fused-ring (bicyclic) bond motifs is 5. The summed E-state index contributed by atoms with van der Waals surface area (Å²) in [6.45, 7) is 3.08. The van der Waals surface area contributed by atoms with Crippen LogP contribution in [0.1, 0.15) is 72.1 Å². The summed E-state index contributed by atoms with van der Waals surface area (Å²) in [6, 6.07) is 0. The van der Waals surface area contributed by atoms with E-state index < -0.39 is 149 Å². The predicted molar refractivity (Wildman–Crippen MR) is 218 cm³/mol. The van der Waals surface area contributed by atoms with Gasteiger partial charge < -0.3 is 104 Å². The third-order valence-electron chi connectivity index (χ3n) is 17.2. The standard InChI is InChI=1S/C44H72O22/c1-16(48)27-22(49)11-21-19-5-4-17-10-18(6-8-43(17,2)20(19)7-9-44(21,27)3)60-40-35(58)32(55)36(26(14-47)63-40)64-42-38(66-41-34(57)31(54)29(52)24(12-45)61-41)37(30(53)25(13-46)62-42)65-39-33(56)28(51)23(50)15-59-39/h17-42,45-47,49-58H,4-15H2,1-3H3/t17-,18-,19+,20-,21-,22-,23+,24+,25+,26+,27-,28-,29+,30+,31-,32+,33+,34+,35+,36-,37-,38+,39-,40+,41-,42-,43-,44-/m0/s1. The van der Waals surface area contributed by atoms with Crippen LogP contribution in [0.15, 0.2) is 0 Å². The first-order chi connectivity index (χ1) is 31.3. The lowest BCUT2D eigenvalue weighted by molar-refractivity contribution is -0.404. The van der Waals surface area contributed by atoms with Gasteiger partial charge in [-0.1, -0.05) is 13.8 Å². The van der Waals surface area contributed by atoms with Gasteiger partial charge in [0.05, 0.1) is 38.6 Å². The zero-order valence-electron chi connectivity index (χ0n) is 37.5. The van der Waals surface area contributed by atoms with Gasteiger partial charge >= 0.3 is 0 Å². The topological polar surface area (TPSA) is 354 Å². The minimum Gasteiger partial charge on any atom is -0.394 e. The molecule has 0 bridgehead atoms. The maximum atomic E-state index is 12.7. The Hall–Kier alpha value is -1.17. The second-order valence-corrected chi connectivity index (χ2v) is 20.8. The third kappa shape index (κ3) is 9.06. The van der Waals surface area contributed by atoms with Crippen LogP contribution in [0.5, 0.6) is 0 Å². The molecule has 22 nitrogen and oxygen atoms in total. The molecule has 4 saturated heterocycles. The normalized spacial score (nSPS) is 55.4. The number of aliphatic hydroxyl groups excluding tert-OH is 13. The van der Waals surface area contributed by atoms with Crippen molar-refractivity contribution in [2.75, 3.05) is 26.4 Å². The molecule has 0 aromatic heterocycles. The quantitative estimate of drug-likeness (QED) is 0.0820. The van der Waals surface area contributed by atoms with Crippen LogP contribution in [0.3, 0.4) is 0 Å². The Morgan fingerprint density at radius 1 is 0.530 bits per heavy atom. The summed E-state index contributed by atoms with van der Waals surface area (Å²) in [5.41, 5.74) is -0.239. The van der Waals surface area contributed by atoms with Gasteiger partial charge in [0.1, 0.15) is 97.3 Å². The number of hydrogen-bond acceptors (Lipinski definition) is 22. The van der Waals surface area contributed by atoms with Crippen LogP contribution in [-0.2, 0) is 42.7 Å². The summed E-state index contributed by atoms with van der Waals surface area (Å²) in [6.07, 6.45) is -27.7. The van der Waals surface area contributed by atoms with Gasteiger partial charge in [0.15, 0.2) is 25.2 Å². The molecular weight excluding hydrogens is 880 g/mol. The number of ether oxygens (including phenoxy) is 8. The van der Waals surface area contributed by atoms with Gasteiger partial charge in [0.2, 0.25) is 0 Å². The Bertz CT molecular complexity index is 1640. The molecule has 4 heterocycles. The highest BCUT2D eigenvalue weighted by Gasteiger charge is 2.64. The van der Waals surface area contributed by atoms with Crippen molar-refractivity contribution >= 4 is 5.78 Å². The van der Waals surface area contributed by atoms with E-state index in [2.05, 4.69) is 13.8 Å². The molecule has 8 fully saturated rings. The molecule has 0 amide bonds. The number of Topliss-reactive ketones (excluding diaryl/α,β-unsaturated/α-hetero) is 1. The summed E-state index contributed by atoms with van der Waals surface area (Å²) in [5.74, 6) is 1.05. The van der Waals surface area contributed by atoms with Crippen molar-refractivity contribution in [1.82, 2.24) is 0 Å². The zero-order chi connectivity index (χ0) is 47.7. The van der Waals surface area contributed by atoms with Crippen molar-refractivity contribution < 1.29 is 109 Å². The van der Waals surface area contributed by atoms with Crippen molar-refractivity contribution in [2.24, 2.45) is 40.4 Å². The summed E-state index contributed by atoms with van der Waals surface area (Å²) >= 11 is 0. The van der Waals surface area contributed by atoms with E-state index in [0.717, 1.165) is 32.1 Å². The fraction of sp³-hybridized carbons (Fsp3) is 0.977. The molecule has 0 unspecified atom stereocenters. The maximum absolute atomic E-state index is 12.7. The zero-order valence-corrected chi connectivity index (χ0v) is 37.5. The van der Waals surface area contributed by atoms with Crippen molar-refractivity contribution in [3.8, 4) is 0 Å². The summed E-state index contributed by atoms with van der Waals surface area (Å²) in [5, 5.41) is 139. The van der Waals surface area contributed by atoms with E-state index in [1.165, 1.54) is 0 Å². The van der Waals surface area contributed by atoms with Crippen molar-refractivity contribution in [1.29, 1.82) is 0 Å². The van der Waals surface area contributed by atoms with Gasteiger partial charge in [0.25, 0.3) is 0 Å². The molecule has 0 spiro atoms. The monoisotopic (exact) mass is 952 g/mol. The maximum Gasteiger partial charge on any atom is 0.187 e. The Balaban J connectivity index is 0.971. The summed E-state index contributed by atoms with van der Waals surface area (Å²) in [4.78, 5) is 12.7. The first-order valence-corrected chi connectivity index (χ1v) is 23.6. The number of rotatable bonds is 12. The molecular formula is C44H72O22. The van der Waals surface area contributed by atoms with Gasteiger partial charge in [-0.15, -0.1) is 0 Å². The molecule has 380 valence electrons. The molecule has 0 aromatic carbocycles. The second-order valence-electron chi connectivity index (χ2n) is 20.8. The highest BCUT2D eigenvalue weighted by Crippen LogP contribution is 2.67. The van der Waals surface area contributed by atoms with Crippen molar-refractivity contribution in [3.05, 3.63) is 0 Å². The fourth-order valence-electron chi connectivity index (χ4n) is 13.6. The molecule has 13 N–H and O–H groups in total. The summed E-state index contributed by atoms with van der Waals surface area (Å²) in [7, 11) is 0. The lowest BCUT2D eigenvalue weighted by Gasteiger charge is -2.61. The van der Waals surface area contributed by atoms with Gasteiger partial charge in [-0.3, -0.25) is 4.79 Å². The van der Waals surface area contributed by atoms with Gasteiger partial charge in [-0.05, 0) is 92.8 Å². The Morgan fingerprint density at radius 3 is 1.79 bits per heavy atom. The van der Waals surface area contributed by atoms with E-state index in [1.807, 2.05) is 0 Å². The largest absolute Gasteiger partial charge is 0.394 e. The average Bonchev–Trinajstić information content (AvgIpc) is 3.57. The van der Waals surface area contributed by atoms with Crippen LogP contribution >= 0.6 is 0 Å². The van der Waals surface area contributed by atoms with Crippen LogP contribution in [0, 0.1) is 40.4 Å². The lowest BCUT2D eigenvalue weighted by atomic mass is 9.44. The fourth-order valence-corrected chi connectivity index (χ4v) is 13.6. The first kappa shape index (κ1) is 51.2. The number of ketones is 1. The molecule has 8 rings (SSSR count). The van der Waals surface area contributed by atoms with E-state index in [4.69, 9.17) is 37.9 Å². The van der Waals surface area contributed by atoms with E-state index in [0.29, 0.717) is 31.1 Å². The van der Waals surface area contributed by atoms with Crippen LogP contribution in [0.4, 0.5) is 0 Å². The molecule has 22 heteroatoms. The highest BCUT2D eigenvalue weighted by atomic mass is 16.8. The van der Waals surface area contributed by atoms with Crippen LogP contribution < -0.4 is 0 Å². The minimum atomic E-state index is -2.01. The minimum absolute atomic E-state index is 0.0143. The molecule has 0 radical (unpaired) electrons. The number of carbonyl (C=O) groups is 1. The average molecular weight is 953 g/mol. The molecule has 4 aliphatic heterocycles. The van der Waals surface area contributed by atoms with Crippen LogP contribution in [0.2, 0.25) is 0 Å². The number of carbonyl (C=O) groups excluding carboxylic acids is 1. The van der Waals surface area contributed by atoms with Gasteiger partial charge in [-0.2, -0.15) is 0 Å². The molecule has 8 aliphatic rings. The van der Waals surface area contributed by atoms with Crippen LogP contribution in [-0.4, -0.2) is 228 Å². The third-order valence-corrected chi connectivity index (χ3v) is 17.2. The molecule has 4 saturated carbocycles. The highest BCUT2D eigenvalue weighted by molar-refractivity contribution is 5.80. The number of hydrogen-bond donors (Lipinski definition) is 13. The SMILES string of the molecule is CC(=O)[C@H]1[C@@H](O)C[C@H]2[C@@H]3CC[C@H]4C[C@@H](O[C@@H]5O[C@H](CO)[C@H](O[C@@H]6O[C@H](CO)[C@@H](O)[C@H](O[C@@H]7OC[C@@H](O)[C@H](O)[C@H]7O)[C@H]6O[C@@H]6O[C@H](CO)[C@@H](O)[C@H](O)[C@H]6O)[C@H](O)[C@H]5O)CC[C@]4(C)[C@H]3CC[C@@]21C. The van der Waals surface area contributed by atoms with E-state index in [-0.39, 0.29) is 40.5 Å². The van der Waals surface area contributed by atoms with E-state index >= 15 is 0 Å². The smallest absolute Gasteiger partial charge is 0.187 e.